The van der Waals surface area contributed by atoms with Crippen LogP contribution in [0.5, 0.6) is 0 Å². The number of nitrogens with zero attached hydrogens (tertiary/aromatic N) is 3. The predicted molar refractivity (Wildman–Crippen MR) is 71.3 cm³/mol. The lowest BCUT2D eigenvalue weighted by atomic mass is 10.1. The monoisotopic (exact) mass is 249 g/mol. The maximum absolute atomic E-state index is 12.1. The summed E-state index contributed by atoms with van der Waals surface area (Å²) in [6, 6.07) is 0. The van der Waals surface area contributed by atoms with Crippen molar-refractivity contribution in [3.8, 4) is 0 Å². The van der Waals surface area contributed by atoms with Crippen molar-refractivity contribution >= 4 is 5.91 Å². The Morgan fingerprint density at radius 2 is 2.06 bits per heavy atom. The van der Waals surface area contributed by atoms with Gasteiger partial charge in [-0.1, -0.05) is 13.8 Å². The van der Waals surface area contributed by atoms with Crippen LogP contribution in [0.1, 0.15) is 38.2 Å². The first-order valence-corrected chi connectivity index (χ1v) is 6.86. The van der Waals surface area contributed by atoms with Crippen molar-refractivity contribution in [1.29, 1.82) is 0 Å². The summed E-state index contributed by atoms with van der Waals surface area (Å²) in [6.07, 6.45) is 5.30. The Hall–Kier alpha value is -1.32. The van der Waals surface area contributed by atoms with Crippen molar-refractivity contribution in [2.24, 2.45) is 5.92 Å². The second-order valence-corrected chi connectivity index (χ2v) is 5.59. The summed E-state index contributed by atoms with van der Waals surface area (Å²) >= 11 is 0. The molecular weight excluding hydrogens is 226 g/mol. The standard InChI is InChI=1S/C14H23N3O/c1-11(2)8-13-9-17(12(3)15-13)10-14(18)16-6-4-5-7-16/h9,11H,4-8,10H2,1-3H3. The summed E-state index contributed by atoms with van der Waals surface area (Å²) in [4.78, 5) is 18.6. The Morgan fingerprint density at radius 3 is 2.67 bits per heavy atom. The number of hydrogen-bond donors (Lipinski definition) is 0. The van der Waals surface area contributed by atoms with Crippen LogP contribution in [0.4, 0.5) is 0 Å². The van der Waals surface area contributed by atoms with Gasteiger partial charge in [-0.3, -0.25) is 4.79 Å². The summed E-state index contributed by atoms with van der Waals surface area (Å²) in [5.41, 5.74) is 1.09. The average Bonchev–Trinajstić information content (AvgIpc) is 2.88. The third-order valence-corrected chi connectivity index (χ3v) is 3.41. The van der Waals surface area contributed by atoms with E-state index >= 15 is 0 Å². The maximum Gasteiger partial charge on any atom is 0.242 e. The molecule has 0 saturated carbocycles. The van der Waals surface area contributed by atoms with E-state index in [-0.39, 0.29) is 5.91 Å². The molecule has 1 aliphatic heterocycles. The minimum atomic E-state index is 0.226. The molecule has 0 N–H and O–H groups in total. The number of hydrogen-bond acceptors (Lipinski definition) is 2. The first-order valence-electron chi connectivity index (χ1n) is 6.86. The molecule has 1 fully saturated rings. The van der Waals surface area contributed by atoms with Crippen LogP contribution in [-0.2, 0) is 17.8 Å². The maximum atomic E-state index is 12.1. The van der Waals surface area contributed by atoms with Crippen LogP contribution in [0, 0.1) is 12.8 Å². The minimum absolute atomic E-state index is 0.226. The molecule has 4 heteroatoms. The zero-order chi connectivity index (χ0) is 13.1. The lowest BCUT2D eigenvalue weighted by molar-refractivity contribution is -0.130. The van der Waals surface area contributed by atoms with E-state index in [1.807, 2.05) is 22.6 Å². The molecule has 100 valence electrons. The molecule has 0 radical (unpaired) electrons. The smallest absolute Gasteiger partial charge is 0.242 e. The first kappa shape index (κ1) is 13.1. The highest BCUT2D eigenvalue weighted by molar-refractivity contribution is 5.76. The fourth-order valence-corrected chi connectivity index (χ4v) is 2.46. The number of aryl methyl sites for hydroxylation is 1. The molecule has 1 saturated heterocycles. The highest BCUT2D eigenvalue weighted by Crippen LogP contribution is 2.11. The molecule has 2 rings (SSSR count). The van der Waals surface area contributed by atoms with Crippen molar-refractivity contribution in [2.75, 3.05) is 13.1 Å². The lowest BCUT2D eigenvalue weighted by Crippen LogP contribution is -2.31. The van der Waals surface area contributed by atoms with Gasteiger partial charge in [0.15, 0.2) is 0 Å². The summed E-state index contributed by atoms with van der Waals surface area (Å²) in [6.45, 7) is 8.63. The number of carbonyl (C=O) groups excluding carboxylic acids is 1. The minimum Gasteiger partial charge on any atom is -0.341 e. The highest BCUT2D eigenvalue weighted by Gasteiger charge is 2.19. The first-order chi connectivity index (χ1) is 8.56. The van der Waals surface area contributed by atoms with Crippen LogP contribution in [0.2, 0.25) is 0 Å². The quantitative estimate of drug-likeness (QED) is 0.818. The molecule has 0 unspecified atom stereocenters. The topological polar surface area (TPSA) is 38.1 Å². The molecule has 1 aromatic heterocycles. The van der Waals surface area contributed by atoms with E-state index in [9.17, 15) is 4.79 Å². The molecule has 2 heterocycles. The molecule has 18 heavy (non-hydrogen) atoms. The SMILES string of the molecule is Cc1nc(CC(C)C)cn1CC(=O)N1CCCC1. The van der Waals surface area contributed by atoms with Crippen molar-refractivity contribution in [3.63, 3.8) is 0 Å². The van der Waals surface area contributed by atoms with Crippen molar-refractivity contribution in [2.45, 2.75) is 46.6 Å². The summed E-state index contributed by atoms with van der Waals surface area (Å²) in [5.74, 6) is 1.77. The van der Waals surface area contributed by atoms with Gasteiger partial charge in [0.05, 0.1) is 5.69 Å². The second kappa shape index (κ2) is 5.55. The van der Waals surface area contributed by atoms with Crippen LogP contribution < -0.4 is 0 Å². The van der Waals surface area contributed by atoms with E-state index in [1.165, 1.54) is 0 Å². The molecule has 4 nitrogen and oxygen atoms in total. The zero-order valence-corrected chi connectivity index (χ0v) is 11.6. The van der Waals surface area contributed by atoms with Crippen LogP contribution in [-0.4, -0.2) is 33.4 Å². The Morgan fingerprint density at radius 1 is 1.39 bits per heavy atom. The van der Waals surface area contributed by atoms with E-state index < -0.39 is 0 Å². The van der Waals surface area contributed by atoms with E-state index in [2.05, 4.69) is 18.8 Å². The van der Waals surface area contributed by atoms with E-state index in [1.54, 1.807) is 0 Å². The third kappa shape index (κ3) is 3.12. The van der Waals surface area contributed by atoms with Crippen LogP contribution in [0.25, 0.3) is 0 Å². The van der Waals surface area contributed by atoms with Gasteiger partial charge in [-0.05, 0) is 32.1 Å². The van der Waals surface area contributed by atoms with E-state index in [0.717, 1.165) is 43.9 Å². The molecule has 0 spiro atoms. The average molecular weight is 249 g/mol. The molecule has 0 aliphatic carbocycles. The molecule has 0 aromatic carbocycles. The van der Waals surface area contributed by atoms with Crippen molar-refractivity contribution in [1.82, 2.24) is 14.5 Å². The molecule has 1 aliphatic rings. The number of aromatic nitrogens is 2. The predicted octanol–water partition coefficient (Wildman–Crippen LogP) is 2.01. The van der Waals surface area contributed by atoms with Gasteiger partial charge in [-0.2, -0.15) is 0 Å². The van der Waals surface area contributed by atoms with Gasteiger partial charge in [-0.15, -0.1) is 0 Å². The fraction of sp³-hybridized carbons (Fsp3) is 0.714. The van der Waals surface area contributed by atoms with Gasteiger partial charge in [-0.25, -0.2) is 4.98 Å². The molecular formula is C14H23N3O. The molecule has 1 amide bonds. The van der Waals surface area contributed by atoms with Gasteiger partial charge in [0.1, 0.15) is 12.4 Å². The molecule has 1 aromatic rings. The lowest BCUT2D eigenvalue weighted by Gasteiger charge is -2.15. The summed E-state index contributed by atoms with van der Waals surface area (Å²) < 4.78 is 1.98. The van der Waals surface area contributed by atoms with Crippen LogP contribution in [0.15, 0.2) is 6.20 Å². The fourth-order valence-electron chi connectivity index (χ4n) is 2.46. The highest BCUT2D eigenvalue weighted by atomic mass is 16.2. The number of likely N-dealkylation sites (tertiary alicyclic amines) is 1. The summed E-state index contributed by atoms with van der Waals surface area (Å²) in [7, 11) is 0. The Bertz CT molecular complexity index is 417. The Kier molecular flexibility index (Phi) is 4.04. The van der Waals surface area contributed by atoms with Crippen molar-refractivity contribution < 1.29 is 4.79 Å². The van der Waals surface area contributed by atoms with E-state index in [0.29, 0.717) is 12.5 Å². The normalized spacial score (nSPS) is 15.7. The van der Waals surface area contributed by atoms with Crippen LogP contribution in [0.3, 0.4) is 0 Å². The Balaban J connectivity index is 1.99. The number of imidazole rings is 1. The molecule has 0 atom stereocenters. The van der Waals surface area contributed by atoms with Crippen molar-refractivity contribution in [3.05, 3.63) is 17.7 Å². The Labute approximate surface area is 109 Å². The van der Waals surface area contributed by atoms with Gasteiger partial charge in [0, 0.05) is 19.3 Å². The second-order valence-electron chi connectivity index (χ2n) is 5.59. The van der Waals surface area contributed by atoms with Crippen LogP contribution >= 0.6 is 0 Å². The van der Waals surface area contributed by atoms with E-state index in [4.69, 9.17) is 0 Å². The van der Waals surface area contributed by atoms with Gasteiger partial charge < -0.3 is 9.47 Å². The van der Waals surface area contributed by atoms with Gasteiger partial charge in [0.2, 0.25) is 5.91 Å². The zero-order valence-electron chi connectivity index (χ0n) is 11.6. The number of rotatable bonds is 4. The third-order valence-electron chi connectivity index (χ3n) is 3.41. The number of carbonyl (C=O) groups is 1. The van der Waals surface area contributed by atoms with Gasteiger partial charge >= 0.3 is 0 Å². The number of amides is 1. The van der Waals surface area contributed by atoms with Gasteiger partial charge in [0.25, 0.3) is 0 Å². The molecule has 0 bridgehead atoms. The summed E-state index contributed by atoms with van der Waals surface area (Å²) in [5, 5.41) is 0. The largest absolute Gasteiger partial charge is 0.341 e.